The van der Waals surface area contributed by atoms with Crippen LogP contribution in [0.5, 0.6) is 5.75 Å². The fourth-order valence-electron chi connectivity index (χ4n) is 1.91. The van der Waals surface area contributed by atoms with Crippen LogP contribution in [0.1, 0.15) is 10.4 Å². The zero-order chi connectivity index (χ0) is 19.2. The van der Waals surface area contributed by atoms with Crippen LogP contribution in [0, 0.1) is 0 Å². The van der Waals surface area contributed by atoms with Gasteiger partial charge in [0.05, 0.1) is 16.6 Å². The van der Waals surface area contributed by atoms with Gasteiger partial charge in [-0.25, -0.2) is 4.98 Å². The molecule has 140 valence electrons. The van der Waals surface area contributed by atoms with Crippen molar-refractivity contribution < 1.29 is 23.0 Å². The van der Waals surface area contributed by atoms with Gasteiger partial charge in [0.15, 0.2) is 0 Å². The van der Waals surface area contributed by atoms with Crippen molar-refractivity contribution in [3.63, 3.8) is 0 Å². The first-order chi connectivity index (χ1) is 12.3. The van der Waals surface area contributed by atoms with Gasteiger partial charge < -0.3 is 20.1 Å². The maximum absolute atomic E-state index is 12.6. The predicted octanol–water partition coefficient (Wildman–Crippen LogP) is 4.32. The number of carbonyl (C=O) groups is 1. The minimum atomic E-state index is -3.79. The van der Waals surface area contributed by atoms with Crippen LogP contribution in [0.15, 0.2) is 41.0 Å². The van der Waals surface area contributed by atoms with Gasteiger partial charge in [-0.3, -0.25) is 4.79 Å². The fraction of sp³-hybridized carbons (Fsp3) is 0.250. The van der Waals surface area contributed by atoms with Crippen molar-refractivity contribution in [2.24, 2.45) is 0 Å². The molecule has 2 N–H and O–H groups in total. The Morgan fingerprint density at radius 1 is 1.35 bits per heavy atom. The Morgan fingerprint density at radius 3 is 2.62 bits per heavy atom. The number of hydrogen-bond donors (Lipinski definition) is 2. The van der Waals surface area contributed by atoms with Gasteiger partial charge in [-0.2, -0.15) is 0 Å². The number of nitrogens with zero attached hydrogens (tertiary/aromatic N) is 1. The van der Waals surface area contributed by atoms with Crippen LogP contribution >= 0.6 is 27.5 Å². The molecule has 6 nitrogen and oxygen atoms in total. The number of carbonyl (C=O) groups excluding carboxylic acids is 1. The summed E-state index contributed by atoms with van der Waals surface area (Å²) in [5.74, 6) is 0.0546. The van der Waals surface area contributed by atoms with Crippen LogP contribution in [0.4, 0.5) is 20.3 Å². The topological polar surface area (TPSA) is 72.5 Å². The molecule has 0 aliphatic carbocycles. The highest BCUT2D eigenvalue weighted by atomic mass is 79.9. The van der Waals surface area contributed by atoms with Crippen molar-refractivity contribution in [1.29, 1.82) is 0 Å². The molecule has 26 heavy (non-hydrogen) atoms. The molecule has 0 atom stereocenters. The molecule has 10 heteroatoms. The Hall–Kier alpha value is -1.97. The molecule has 0 saturated heterocycles. The maximum atomic E-state index is 12.6. The molecule has 0 unspecified atom stereocenters. The molecule has 0 fully saturated rings. The molecule has 0 aliphatic heterocycles. The lowest BCUT2D eigenvalue weighted by molar-refractivity contribution is -0.0964. The number of rotatable bonds is 8. The fourth-order valence-corrected chi connectivity index (χ4v) is 2.49. The Bertz CT molecular complexity index is 757. The molecule has 1 amide bonds. The molecular weight excluding hydrogens is 436 g/mol. The second-order valence-electron chi connectivity index (χ2n) is 5.00. The normalized spacial score (nSPS) is 11.1. The second kappa shape index (κ2) is 9.11. The zero-order valence-corrected chi connectivity index (χ0v) is 15.9. The van der Waals surface area contributed by atoms with Gasteiger partial charge in [-0.1, -0.05) is 0 Å². The van der Waals surface area contributed by atoms with Gasteiger partial charge in [-0.05, 0) is 46.3 Å². The molecule has 0 aliphatic rings. The van der Waals surface area contributed by atoms with Crippen LogP contribution < -0.4 is 15.4 Å². The number of pyridine rings is 1. The number of amides is 1. The van der Waals surface area contributed by atoms with E-state index in [2.05, 4.69) is 36.3 Å². The van der Waals surface area contributed by atoms with E-state index < -0.39 is 11.5 Å². The number of nitrogens with one attached hydrogen (secondary N) is 2. The highest BCUT2D eigenvalue weighted by Crippen LogP contribution is 2.26. The highest BCUT2D eigenvalue weighted by molar-refractivity contribution is 9.10. The Kier molecular flexibility index (Phi) is 7.13. The number of methoxy groups -OCH3 is 1. The van der Waals surface area contributed by atoms with Crippen molar-refractivity contribution in [1.82, 2.24) is 4.98 Å². The summed E-state index contributed by atoms with van der Waals surface area (Å²) in [5.41, 5.74) is -3.07. The van der Waals surface area contributed by atoms with E-state index >= 15 is 0 Å². The lowest BCUT2D eigenvalue weighted by atomic mass is 10.2. The predicted molar refractivity (Wildman–Crippen MR) is 98.1 cm³/mol. The molecular formula is C16H15BrClF2N3O3. The first kappa shape index (κ1) is 20.3. The summed E-state index contributed by atoms with van der Waals surface area (Å²) in [7, 11) is 1.59. The van der Waals surface area contributed by atoms with Crippen LogP contribution in [-0.4, -0.2) is 36.7 Å². The number of aromatic nitrogens is 1. The summed E-state index contributed by atoms with van der Waals surface area (Å²) in [4.78, 5) is 16.4. The van der Waals surface area contributed by atoms with Crippen molar-refractivity contribution >= 4 is 44.9 Å². The third-order valence-corrected chi connectivity index (χ3v) is 3.73. The number of ether oxygens (including phenoxy) is 2. The summed E-state index contributed by atoms with van der Waals surface area (Å²) in [6.45, 7) is 1.09. The summed E-state index contributed by atoms with van der Waals surface area (Å²) in [6.07, 6.45) is 1.42. The van der Waals surface area contributed by atoms with Gasteiger partial charge in [0.25, 0.3) is 5.91 Å². The Balaban J connectivity index is 2.00. The van der Waals surface area contributed by atoms with E-state index in [1.54, 1.807) is 13.2 Å². The van der Waals surface area contributed by atoms with E-state index in [1.807, 2.05) is 0 Å². The zero-order valence-electron chi connectivity index (χ0n) is 13.6. The summed E-state index contributed by atoms with van der Waals surface area (Å²) < 4.78 is 34.9. The average Bonchev–Trinajstić information content (AvgIpc) is 2.57. The van der Waals surface area contributed by atoms with Gasteiger partial charge >= 0.3 is 5.57 Å². The average molecular weight is 451 g/mol. The van der Waals surface area contributed by atoms with Crippen molar-refractivity contribution in [3.05, 3.63) is 46.6 Å². The molecule has 0 spiro atoms. The van der Waals surface area contributed by atoms with Gasteiger partial charge in [0.1, 0.15) is 11.6 Å². The summed E-state index contributed by atoms with van der Waals surface area (Å²) in [5, 5.41) is 5.68. The summed E-state index contributed by atoms with van der Waals surface area (Å²) >= 11 is 8.04. The summed E-state index contributed by atoms with van der Waals surface area (Å²) in [6, 6.07) is 6.98. The monoisotopic (exact) mass is 449 g/mol. The lowest BCUT2D eigenvalue weighted by Crippen LogP contribution is -2.16. The van der Waals surface area contributed by atoms with Crippen molar-refractivity contribution in [2.75, 3.05) is 30.9 Å². The molecule has 0 bridgehead atoms. The Morgan fingerprint density at radius 2 is 2.04 bits per heavy atom. The molecule has 1 aromatic carbocycles. The smallest absolute Gasteiger partial charge is 0.420 e. The van der Waals surface area contributed by atoms with E-state index in [0.717, 1.165) is 0 Å². The molecule has 1 heterocycles. The quantitative estimate of drug-likeness (QED) is 0.463. The molecule has 0 saturated carbocycles. The second-order valence-corrected chi connectivity index (χ2v) is 6.29. The van der Waals surface area contributed by atoms with Crippen molar-refractivity contribution in [2.45, 2.75) is 5.57 Å². The molecule has 2 rings (SSSR count). The first-order valence-electron chi connectivity index (χ1n) is 7.34. The molecule has 1 aromatic heterocycles. The van der Waals surface area contributed by atoms with E-state index in [9.17, 15) is 13.6 Å². The minimum absolute atomic E-state index is 0.126. The lowest BCUT2D eigenvalue weighted by Gasteiger charge is -2.11. The largest absolute Gasteiger partial charge is 0.487 e. The van der Waals surface area contributed by atoms with E-state index in [4.69, 9.17) is 16.3 Å². The van der Waals surface area contributed by atoms with Gasteiger partial charge in [0, 0.05) is 37.1 Å². The van der Waals surface area contributed by atoms with Crippen LogP contribution in [0.25, 0.3) is 0 Å². The third kappa shape index (κ3) is 6.40. The number of halogens is 4. The van der Waals surface area contributed by atoms with Gasteiger partial charge in [0.2, 0.25) is 0 Å². The van der Waals surface area contributed by atoms with Crippen LogP contribution in [0.2, 0.25) is 0 Å². The third-order valence-electron chi connectivity index (χ3n) is 3.05. The van der Waals surface area contributed by atoms with Crippen LogP contribution in [0.3, 0.4) is 0 Å². The first-order valence-corrected chi connectivity index (χ1v) is 8.51. The SMILES string of the molecule is COCCNc1ncc(C(=O)Nc2ccc(OC(F)(F)Cl)cc2)cc1Br. The van der Waals surface area contributed by atoms with E-state index in [-0.39, 0.29) is 5.75 Å². The van der Waals surface area contributed by atoms with E-state index in [0.29, 0.717) is 34.7 Å². The highest BCUT2D eigenvalue weighted by Gasteiger charge is 2.27. The number of anilines is 2. The number of alkyl halides is 3. The minimum Gasteiger partial charge on any atom is -0.420 e. The van der Waals surface area contributed by atoms with Crippen molar-refractivity contribution in [3.8, 4) is 5.75 Å². The standard InChI is InChI=1S/C16H15BrClF2N3O3/c1-25-7-6-21-14-13(17)8-10(9-22-14)15(24)23-11-2-4-12(5-3-11)26-16(18,19)20/h2-5,8-9H,6-7H2,1H3,(H,21,22)(H,23,24). The molecule has 2 aromatic rings. The Labute approximate surface area is 162 Å². The van der Waals surface area contributed by atoms with E-state index in [1.165, 1.54) is 30.5 Å². The molecule has 0 radical (unpaired) electrons. The van der Waals surface area contributed by atoms with Crippen LogP contribution in [-0.2, 0) is 4.74 Å². The number of benzene rings is 1. The maximum Gasteiger partial charge on any atom is 0.487 e. The van der Waals surface area contributed by atoms with Gasteiger partial charge in [-0.15, -0.1) is 8.78 Å². The number of hydrogen-bond acceptors (Lipinski definition) is 5.